The van der Waals surface area contributed by atoms with Crippen molar-refractivity contribution in [3.8, 4) is 11.1 Å². The summed E-state index contributed by atoms with van der Waals surface area (Å²) >= 11 is 1.49. The molecule has 1 aliphatic carbocycles. The molecule has 3 aromatic carbocycles. The number of alkyl carbamates (subject to hydrolysis) is 1. The number of amides is 2. The number of fused-ring (bicyclic) bond motifs is 3. The van der Waals surface area contributed by atoms with Crippen molar-refractivity contribution in [2.45, 2.75) is 37.6 Å². The molecule has 3 atom stereocenters. The number of hydrogen-bond acceptors (Lipinski definition) is 6. The monoisotopic (exact) mass is 560 g/mol. The predicted molar refractivity (Wildman–Crippen MR) is 153 cm³/mol. The van der Waals surface area contributed by atoms with Crippen LogP contribution in [-0.4, -0.2) is 70.8 Å². The standard InChI is InChI=1S/C31H32N2O6S/c1-20(38-17-21-9-3-2-4-10-21)28(29(34)33-15-16-40-19-27(33)30(35)36)32-31(37)39-18-26-24-13-7-5-11-22(24)23-12-6-8-14-25(23)26/h2-14,20,26-28H,15-19H2,1H3,(H,32,37)(H,35,36). The van der Waals surface area contributed by atoms with Crippen molar-refractivity contribution in [2.24, 2.45) is 0 Å². The lowest BCUT2D eigenvalue weighted by Crippen LogP contribution is -2.60. The Labute approximate surface area is 237 Å². The van der Waals surface area contributed by atoms with Gasteiger partial charge in [0.1, 0.15) is 18.7 Å². The number of benzene rings is 3. The first-order valence-electron chi connectivity index (χ1n) is 13.3. The highest BCUT2D eigenvalue weighted by Gasteiger charge is 2.39. The smallest absolute Gasteiger partial charge is 0.407 e. The molecule has 0 aromatic heterocycles. The molecular formula is C31H32N2O6S. The molecule has 0 bridgehead atoms. The Kier molecular flexibility index (Phi) is 8.72. The highest BCUT2D eigenvalue weighted by atomic mass is 32.2. The SMILES string of the molecule is CC(OCc1ccccc1)C(NC(=O)OCC1c2ccccc2-c2ccccc21)C(=O)N1CCSCC1C(=O)O. The number of rotatable bonds is 9. The van der Waals surface area contributed by atoms with Crippen LogP contribution in [0.2, 0.25) is 0 Å². The van der Waals surface area contributed by atoms with Gasteiger partial charge in [-0.3, -0.25) is 4.79 Å². The number of nitrogens with zero attached hydrogens (tertiary/aromatic N) is 1. The van der Waals surface area contributed by atoms with Gasteiger partial charge in [0.05, 0.1) is 12.7 Å². The van der Waals surface area contributed by atoms with Gasteiger partial charge in [0.2, 0.25) is 5.91 Å². The predicted octanol–water partition coefficient (Wildman–Crippen LogP) is 4.53. The Bertz CT molecular complexity index is 1320. The second-order valence-electron chi connectivity index (χ2n) is 9.91. The first-order chi connectivity index (χ1) is 19.4. The van der Waals surface area contributed by atoms with Crippen molar-refractivity contribution in [3.63, 3.8) is 0 Å². The van der Waals surface area contributed by atoms with Crippen LogP contribution < -0.4 is 5.32 Å². The van der Waals surface area contributed by atoms with Crippen LogP contribution in [0.15, 0.2) is 78.9 Å². The summed E-state index contributed by atoms with van der Waals surface area (Å²) in [5.41, 5.74) is 5.31. The quantitative estimate of drug-likeness (QED) is 0.396. The van der Waals surface area contributed by atoms with Crippen molar-refractivity contribution >= 4 is 29.7 Å². The average Bonchev–Trinajstić information content (AvgIpc) is 3.31. The van der Waals surface area contributed by atoms with Crippen LogP contribution in [-0.2, 0) is 25.7 Å². The number of nitrogens with one attached hydrogen (secondary N) is 1. The Morgan fingerprint density at radius 1 is 0.975 bits per heavy atom. The first-order valence-corrected chi connectivity index (χ1v) is 14.5. The van der Waals surface area contributed by atoms with Gasteiger partial charge in [-0.05, 0) is 34.7 Å². The molecule has 9 heteroatoms. The van der Waals surface area contributed by atoms with E-state index in [4.69, 9.17) is 9.47 Å². The Balaban J connectivity index is 1.31. The zero-order chi connectivity index (χ0) is 28.1. The number of carbonyl (C=O) groups is 3. The largest absolute Gasteiger partial charge is 0.480 e. The van der Waals surface area contributed by atoms with Gasteiger partial charge in [-0.2, -0.15) is 11.8 Å². The zero-order valence-corrected chi connectivity index (χ0v) is 23.0. The second kappa shape index (κ2) is 12.6. The topological polar surface area (TPSA) is 105 Å². The summed E-state index contributed by atoms with van der Waals surface area (Å²) in [7, 11) is 0. The highest BCUT2D eigenvalue weighted by Crippen LogP contribution is 2.44. The van der Waals surface area contributed by atoms with E-state index >= 15 is 0 Å². The van der Waals surface area contributed by atoms with Crippen LogP contribution >= 0.6 is 11.8 Å². The number of carboxylic acid groups (broad SMARTS) is 1. The van der Waals surface area contributed by atoms with Crippen LogP contribution in [0.1, 0.15) is 29.5 Å². The van der Waals surface area contributed by atoms with Crippen molar-refractivity contribution in [3.05, 3.63) is 95.6 Å². The molecule has 0 radical (unpaired) electrons. The van der Waals surface area contributed by atoms with Crippen molar-refractivity contribution in [1.82, 2.24) is 10.2 Å². The van der Waals surface area contributed by atoms with E-state index < -0.39 is 36.2 Å². The Hall–Kier alpha value is -3.82. The molecule has 8 nitrogen and oxygen atoms in total. The van der Waals surface area contributed by atoms with E-state index in [-0.39, 0.29) is 31.4 Å². The van der Waals surface area contributed by atoms with Crippen molar-refractivity contribution in [2.75, 3.05) is 24.7 Å². The molecule has 3 aromatic rings. The third kappa shape index (κ3) is 6.00. The number of carbonyl (C=O) groups excluding carboxylic acids is 2. The summed E-state index contributed by atoms with van der Waals surface area (Å²) < 4.78 is 11.7. The normalized spacial score (nSPS) is 17.8. The van der Waals surface area contributed by atoms with Crippen LogP contribution in [0.4, 0.5) is 4.79 Å². The van der Waals surface area contributed by atoms with E-state index in [1.807, 2.05) is 66.7 Å². The van der Waals surface area contributed by atoms with E-state index in [1.165, 1.54) is 16.7 Å². The van der Waals surface area contributed by atoms with Crippen LogP contribution in [0.5, 0.6) is 0 Å². The lowest BCUT2D eigenvalue weighted by atomic mass is 9.98. The average molecular weight is 561 g/mol. The lowest BCUT2D eigenvalue weighted by molar-refractivity contribution is -0.151. The van der Waals surface area contributed by atoms with E-state index in [2.05, 4.69) is 17.4 Å². The minimum absolute atomic E-state index is 0.0954. The van der Waals surface area contributed by atoms with E-state index in [1.54, 1.807) is 6.92 Å². The highest BCUT2D eigenvalue weighted by molar-refractivity contribution is 7.99. The first kappa shape index (κ1) is 27.7. The number of carboxylic acids is 1. The van der Waals surface area contributed by atoms with Gasteiger partial charge in [-0.15, -0.1) is 0 Å². The molecule has 1 fully saturated rings. The van der Waals surface area contributed by atoms with Gasteiger partial charge < -0.3 is 24.8 Å². The summed E-state index contributed by atoms with van der Waals surface area (Å²) in [6.45, 7) is 2.30. The summed E-state index contributed by atoms with van der Waals surface area (Å²) in [6, 6.07) is 23.5. The lowest BCUT2D eigenvalue weighted by Gasteiger charge is -2.36. The molecule has 0 spiro atoms. The molecule has 208 valence electrons. The van der Waals surface area contributed by atoms with Gasteiger partial charge in [-0.1, -0.05) is 78.9 Å². The molecule has 2 amide bonds. The summed E-state index contributed by atoms with van der Waals surface area (Å²) in [5, 5.41) is 12.4. The molecule has 1 saturated heterocycles. The summed E-state index contributed by atoms with van der Waals surface area (Å²) in [4.78, 5) is 40.1. The maximum Gasteiger partial charge on any atom is 0.407 e. The molecule has 1 heterocycles. The fourth-order valence-corrected chi connectivity index (χ4v) is 6.33. The molecule has 40 heavy (non-hydrogen) atoms. The van der Waals surface area contributed by atoms with E-state index in [0.717, 1.165) is 27.8 Å². The van der Waals surface area contributed by atoms with Crippen LogP contribution in [0.25, 0.3) is 11.1 Å². The van der Waals surface area contributed by atoms with Gasteiger partial charge in [-0.25, -0.2) is 9.59 Å². The van der Waals surface area contributed by atoms with Crippen LogP contribution in [0.3, 0.4) is 0 Å². The van der Waals surface area contributed by atoms with Gasteiger partial charge >= 0.3 is 12.1 Å². The fourth-order valence-electron chi connectivity index (χ4n) is 5.30. The van der Waals surface area contributed by atoms with Gasteiger partial charge in [0.25, 0.3) is 0 Å². The van der Waals surface area contributed by atoms with E-state index in [0.29, 0.717) is 5.75 Å². The Morgan fingerprint density at radius 3 is 2.25 bits per heavy atom. The minimum Gasteiger partial charge on any atom is -0.480 e. The van der Waals surface area contributed by atoms with Gasteiger partial charge in [0, 0.05) is 24.0 Å². The molecular weight excluding hydrogens is 528 g/mol. The minimum atomic E-state index is -1.12. The number of ether oxygens (including phenoxy) is 2. The molecule has 3 unspecified atom stereocenters. The maximum absolute atomic E-state index is 13.7. The fraction of sp³-hybridized carbons (Fsp3) is 0.323. The van der Waals surface area contributed by atoms with Crippen LogP contribution in [0, 0.1) is 0 Å². The van der Waals surface area contributed by atoms with Crippen molar-refractivity contribution in [1.29, 1.82) is 0 Å². The van der Waals surface area contributed by atoms with E-state index in [9.17, 15) is 19.5 Å². The number of aliphatic carboxylic acids is 1. The zero-order valence-electron chi connectivity index (χ0n) is 22.2. The Morgan fingerprint density at radius 2 is 1.60 bits per heavy atom. The molecule has 1 aliphatic heterocycles. The van der Waals surface area contributed by atoms with Gasteiger partial charge in [0.15, 0.2) is 0 Å². The summed E-state index contributed by atoms with van der Waals surface area (Å²) in [5.74, 6) is -0.792. The molecule has 5 rings (SSSR count). The third-order valence-corrected chi connectivity index (χ3v) is 8.43. The molecule has 2 N–H and O–H groups in total. The maximum atomic E-state index is 13.7. The van der Waals surface area contributed by atoms with Crippen molar-refractivity contribution < 1.29 is 29.0 Å². The molecule has 2 aliphatic rings. The third-order valence-electron chi connectivity index (χ3n) is 7.40. The summed E-state index contributed by atoms with van der Waals surface area (Å²) in [6.07, 6.45) is -1.49. The number of hydrogen-bond donors (Lipinski definition) is 2. The molecule has 0 saturated carbocycles. The number of thioether (sulfide) groups is 1. The second-order valence-corrected chi connectivity index (χ2v) is 11.1.